The molecule has 0 fully saturated rings. The zero-order valence-electron chi connectivity index (χ0n) is 12.1. The van der Waals surface area contributed by atoms with Crippen molar-refractivity contribution in [3.05, 3.63) is 34.9 Å². The average molecular weight is 276 g/mol. The van der Waals surface area contributed by atoms with Gasteiger partial charge in [-0.1, -0.05) is 12.1 Å². The first-order valence-corrected chi connectivity index (χ1v) is 6.69. The highest BCUT2D eigenvalue weighted by Crippen LogP contribution is 2.23. The van der Waals surface area contributed by atoms with E-state index in [0.29, 0.717) is 25.1 Å². The Morgan fingerprint density at radius 3 is 2.60 bits per heavy atom. The summed E-state index contributed by atoms with van der Waals surface area (Å²) in [5.74, 6) is -0.908. The third-order valence-corrected chi connectivity index (χ3v) is 3.27. The standard InChI is InChI=1S/C15H20N2O3/c1-15(2,3)16-14(20)17-8-7-11-10(9-17)5-4-6-12(11)13(18)19/h4-6H,7-9H2,1-3H3,(H,16,20)(H,18,19). The number of benzene rings is 1. The summed E-state index contributed by atoms with van der Waals surface area (Å²) in [6.07, 6.45) is 0.579. The number of carbonyl (C=O) groups excluding carboxylic acids is 1. The first kappa shape index (κ1) is 14.4. The highest BCUT2D eigenvalue weighted by Gasteiger charge is 2.25. The molecule has 5 nitrogen and oxygen atoms in total. The van der Waals surface area contributed by atoms with Crippen molar-refractivity contribution in [2.45, 2.75) is 39.3 Å². The summed E-state index contributed by atoms with van der Waals surface area (Å²) in [4.78, 5) is 25.0. The molecule has 1 aromatic rings. The number of hydrogen-bond donors (Lipinski definition) is 2. The molecular weight excluding hydrogens is 256 g/mol. The molecule has 0 saturated carbocycles. The maximum atomic E-state index is 12.1. The molecule has 1 heterocycles. The Balaban J connectivity index is 2.18. The Kier molecular flexibility index (Phi) is 3.70. The lowest BCUT2D eigenvalue weighted by Gasteiger charge is -2.32. The van der Waals surface area contributed by atoms with E-state index in [1.165, 1.54) is 0 Å². The second kappa shape index (κ2) is 5.15. The molecule has 0 aliphatic carbocycles. The molecule has 1 aliphatic heterocycles. The Morgan fingerprint density at radius 2 is 2.00 bits per heavy atom. The van der Waals surface area contributed by atoms with E-state index >= 15 is 0 Å². The molecule has 0 atom stereocenters. The van der Waals surface area contributed by atoms with Crippen LogP contribution in [0.2, 0.25) is 0 Å². The van der Waals surface area contributed by atoms with E-state index in [1.54, 1.807) is 17.0 Å². The topological polar surface area (TPSA) is 69.6 Å². The van der Waals surface area contributed by atoms with Gasteiger partial charge in [-0.2, -0.15) is 0 Å². The molecule has 0 saturated heterocycles. The van der Waals surface area contributed by atoms with Gasteiger partial charge >= 0.3 is 12.0 Å². The molecule has 2 amide bonds. The number of carboxylic acids is 1. The van der Waals surface area contributed by atoms with Crippen LogP contribution in [0.5, 0.6) is 0 Å². The van der Waals surface area contributed by atoms with Crippen LogP contribution in [-0.4, -0.2) is 34.1 Å². The molecule has 1 aromatic carbocycles. The highest BCUT2D eigenvalue weighted by molar-refractivity contribution is 5.90. The normalized spacial score (nSPS) is 14.7. The zero-order chi connectivity index (χ0) is 14.9. The number of nitrogens with zero attached hydrogens (tertiary/aromatic N) is 1. The largest absolute Gasteiger partial charge is 0.478 e. The van der Waals surface area contributed by atoms with Crippen LogP contribution in [0.15, 0.2) is 18.2 Å². The smallest absolute Gasteiger partial charge is 0.335 e. The monoisotopic (exact) mass is 276 g/mol. The van der Waals surface area contributed by atoms with Crippen LogP contribution in [0, 0.1) is 0 Å². The number of aromatic carboxylic acids is 1. The molecule has 0 spiro atoms. The quantitative estimate of drug-likeness (QED) is 0.826. The lowest BCUT2D eigenvalue weighted by atomic mass is 9.94. The third-order valence-electron chi connectivity index (χ3n) is 3.27. The molecule has 2 N–H and O–H groups in total. The molecule has 0 aromatic heterocycles. The summed E-state index contributed by atoms with van der Waals surface area (Å²) in [7, 11) is 0. The Labute approximate surface area is 118 Å². The Hall–Kier alpha value is -2.04. The van der Waals surface area contributed by atoms with Gasteiger partial charge in [0.1, 0.15) is 0 Å². The lowest BCUT2D eigenvalue weighted by Crippen LogP contribution is -2.49. The van der Waals surface area contributed by atoms with Crippen LogP contribution in [0.4, 0.5) is 4.79 Å². The van der Waals surface area contributed by atoms with Gasteiger partial charge in [0, 0.05) is 18.6 Å². The number of carboxylic acid groups (broad SMARTS) is 1. The van der Waals surface area contributed by atoms with Gasteiger partial charge in [-0.3, -0.25) is 0 Å². The summed E-state index contributed by atoms with van der Waals surface area (Å²) in [5.41, 5.74) is 1.83. The van der Waals surface area contributed by atoms with Gasteiger partial charge in [-0.05, 0) is 44.4 Å². The summed E-state index contributed by atoms with van der Waals surface area (Å²) in [6.45, 7) is 6.81. The molecular formula is C15H20N2O3. The first-order valence-electron chi connectivity index (χ1n) is 6.69. The van der Waals surface area contributed by atoms with Crippen molar-refractivity contribution in [3.63, 3.8) is 0 Å². The van der Waals surface area contributed by atoms with Gasteiger partial charge in [-0.15, -0.1) is 0 Å². The van der Waals surface area contributed by atoms with E-state index < -0.39 is 5.97 Å². The SMILES string of the molecule is CC(C)(C)NC(=O)N1CCc2c(cccc2C(=O)O)C1. The zero-order valence-corrected chi connectivity index (χ0v) is 12.1. The summed E-state index contributed by atoms with van der Waals surface area (Å²) < 4.78 is 0. The van der Waals surface area contributed by atoms with Crippen LogP contribution in [-0.2, 0) is 13.0 Å². The van der Waals surface area contributed by atoms with Crippen LogP contribution in [0.1, 0.15) is 42.3 Å². The van der Waals surface area contributed by atoms with Crippen molar-refractivity contribution in [1.82, 2.24) is 10.2 Å². The van der Waals surface area contributed by atoms with E-state index in [-0.39, 0.29) is 11.6 Å². The minimum absolute atomic E-state index is 0.108. The molecule has 1 aliphatic rings. The van der Waals surface area contributed by atoms with Crippen LogP contribution in [0.3, 0.4) is 0 Å². The average Bonchev–Trinajstić information content (AvgIpc) is 2.35. The molecule has 0 radical (unpaired) electrons. The van der Waals surface area contributed by atoms with Crippen molar-refractivity contribution >= 4 is 12.0 Å². The van der Waals surface area contributed by atoms with Crippen molar-refractivity contribution < 1.29 is 14.7 Å². The van der Waals surface area contributed by atoms with E-state index in [0.717, 1.165) is 11.1 Å². The molecule has 0 unspecified atom stereocenters. The van der Waals surface area contributed by atoms with Gasteiger partial charge in [0.05, 0.1) is 5.56 Å². The van der Waals surface area contributed by atoms with Gasteiger partial charge in [-0.25, -0.2) is 9.59 Å². The van der Waals surface area contributed by atoms with Crippen molar-refractivity contribution in [3.8, 4) is 0 Å². The molecule has 0 bridgehead atoms. The van der Waals surface area contributed by atoms with Crippen LogP contribution >= 0.6 is 0 Å². The number of rotatable bonds is 1. The van der Waals surface area contributed by atoms with E-state index in [1.807, 2.05) is 26.8 Å². The predicted molar refractivity (Wildman–Crippen MR) is 75.8 cm³/mol. The van der Waals surface area contributed by atoms with Gasteiger partial charge < -0.3 is 15.3 Å². The fraction of sp³-hybridized carbons (Fsp3) is 0.467. The predicted octanol–water partition coefficient (Wildman–Crippen LogP) is 2.25. The number of hydrogen-bond acceptors (Lipinski definition) is 2. The maximum absolute atomic E-state index is 12.1. The Bertz CT molecular complexity index is 547. The lowest BCUT2D eigenvalue weighted by molar-refractivity contribution is 0.0695. The first-order chi connectivity index (χ1) is 9.28. The van der Waals surface area contributed by atoms with E-state index in [9.17, 15) is 14.7 Å². The molecule has 20 heavy (non-hydrogen) atoms. The van der Waals surface area contributed by atoms with Crippen molar-refractivity contribution in [1.29, 1.82) is 0 Å². The minimum atomic E-state index is -0.908. The van der Waals surface area contributed by atoms with Crippen LogP contribution in [0.25, 0.3) is 0 Å². The van der Waals surface area contributed by atoms with Crippen LogP contribution < -0.4 is 5.32 Å². The van der Waals surface area contributed by atoms with Crippen molar-refractivity contribution in [2.24, 2.45) is 0 Å². The van der Waals surface area contributed by atoms with Gasteiger partial charge in [0.2, 0.25) is 0 Å². The Morgan fingerprint density at radius 1 is 1.30 bits per heavy atom. The second-order valence-electron chi connectivity index (χ2n) is 6.10. The van der Waals surface area contributed by atoms with E-state index in [4.69, 9.17) is 0 Å². The summed E-state index contributed by atoms with van der Waals surface area (Å²) >= 11 is 0. The highest BCUT2D eigenvalue weighted by atomic mass is 16.4. The van der Waals surface area contributed by atoms with Gasteiger partial charge in [0.15, 0.2) is 0 Å². The fourth-order valence-electron chi connectivity index (χ4n) is 2.38. The number of carbonyl (C=O) groups is 2. The van der Waals surface area contributed by atoms with Gasteiger partial charge in [0.25, 0.3) is 0 Å². The fourth-order valence-corrected chi connectivity index (χ4v) is 2.38. The number of amides is 2. The third kappa shape index (κ3) is 3.10. The molecule has 108 valence electrons. The van der Waals surface area contributed by atoms with Crippen molar-refractivity contribution in [2.75, 3.05) is 6.54 Å². The maximum Gasteiger partial charge on any atom is 0.335 e. The molecule has 2 rings (SSSR count). The second-order valence-corrected chi connectivity index (χ2v) is 6.10. The van der Waals surface area contributed by atoms with E-state index in [2.05, 4.69) is 5.32 Å². The minimum Gasteiger partial charge on any atom is -0.478 e. The molecule has 5 heteroatoms. The number of nitrogens with one attached hydrogen (secondary N) is 1. The summed E-state index contributed by atoms with van der Waals surface area (Å²) in [6, 6.07) is 5.13. The number of fused-ring (bicyclic) bond motifs is 1. The summed E-state index contributed by atoms with van der Waals surface area (Å²) in [5, 5.41) is 12.1. The number of urea groups is 1.